The molecule has 2 aromatic heterocycles. The quantitative estimate of drug-likeness (QED) is 0.565. The molecule has 1 atom stereocenters. The second-order valence-corrected chi connectivity index (χ2v) is 10.4. The standard InChI is InChI=1S/C21H23N3O3S2/c1-14(2)21-22-18-10-11-24(29(25,26)19-5-4-12-28-19)13-17(18)20(23-21)15-6-8-16(27-3)9-7-15/h4-9,12,14H,10-11,13H2,1-3H3. The molecule has 0 fully saturated rings. The molecule has 0 amide bonds. The van der Waals surface area contributed by atoms with Crippen LogP contribution in [0.1, 0.15) is 36.8 Å². The van der Waals surface area contributed by atoms with Crippen LogP contribution < -0.4 is 4.74 Å². The van der Waals surface area contributed by atoms with Crippen LogP contribution >= 0.6 is 11.3 Å². The summed E-state index contributed by atoms with van der Waals surface area (Å²) >= 11 is 1.24. The smallest absolute Gasteiger partial charge is 0.229 e. The van der Waals surface area contributed by atoms with Gasteiger partial charge in [0.2, 0.25) is 4.21 Å². The maximum atomic E-state index is 13.0. The molecule has 0 saturated carbocycles. The zero-order chi connectivity index (χ0) is 20.6. The van der Waals surface area contributed by atoms with Gasteiger partial charge < -0.3 is 9.29 Å². The third-order valence-electron chi connectivity index (χ3n) is 5.01. The Morgan fingerprint density at radius 3 is 2.59 bits per heavy atom. The Kier molecular flexibility index (Phi) is 5.52. The van der Waals surface area contributed by atoms with Crippen molar-refractivity contribution in [2.45, 2.75) is 36.9 Å². The number of methoxy groups -OCH3 is 1. The Hall–Kier alpha value is -2.13. The van der Waals surface area contributed by atoms with Gasteiger partial charge in [0.25, 0.3) is 0 Å². The summed E-state index contributed by atoms with van der Waals surface area (Å²) in [4.78, 5) is 9.58. The van der Waals surface area contributed by atoms with Crippen LogP contribution in [0.2, 0.25) is 0 Å². The summed E-state index contributed by atoms with van der Waals surface area (Å²) in [6, 6.07) is 11.1. The third kappa shape index (κ3) is 3.85. The number of hydrogen-bond donors (Lipinski definition) is 0. The van der Waals surface area contributed by atoms with Crippen molar-refractivity contribution in [3.05, 3.63) is 58.9 Å². The zero-order valence-electron chi connectivity index (χ0n) is 16.6. The van der Waals surface area contributed by atoms with E-state index >= 15 is 0 Å². The van der Waals surface area contributed by atoms with Crippen molar-refractivity contribution in [3.63, 3.8) is 0 Å². The van der Waals surface area contributed by atoms with Gasteiger partial charge in [-0.05, 0) is 35.7 Å². The van der Waals surface area contributed by atoms with Crippen LogP contribution in [-0.2, 0) is 27.6 Å². The lowest BCUT2D eigenvalue weighted by Gasteiger charge is -2.31. The molecule has 3 heterocycles. The van der Waals surface area contributed by atoms with Crippen LogP contribution in [0.25, 0.3) is 11.3 Å². The molecule has 0 spiro atoms. The predicted octanol–water partition coefficient (Wildman–Crippen LogP) is 4.30. The zero-order valence-corrected chi connectivity index (χ0v) is 18.3. The summed E-state index contributed by atoms with van der Waals surface area (Å²) in [5, 5.41) is 1.78. The lowest BCUT2D eigenvalue weighted by atomic mass is 9.99. The molecule has 4 rings (SSSR count). The molecule has 1 unspecified atom stereocenters. The number of thiophene rings is 1. The highest BCUT2D eigenvalue weighted by atomic mass is 32.3. The van der Waals surface area contributed by atoms with Gasteiger partial charge in [0.15, 0.2) is 10.4 Å². The number of hydrogen-bond acceptors (Lipinski definition) is 6. The Balaban J connectivity index is 1.78. The molecule has 1 aliphatic rings. The van der Waals surface area contributed by atoms with E-state index in [1.165, 1.54) is 15.6 Å². The van der Waals surface area contributed by atoms with Crippen molar-refractivity contribution >= 4 is 21.7 Å². The summed E-state index contributed by atoms with van der Waals surface area (Å²) in [6.07, 6.45) is 0.575. The minimum atomic E-state index is -3.52. The summed E-state index contributed by atoms with van der Waals surface area (Å²) in [5.41, 5.74) is 3.55. The van der Waals surface area contributed by atoms with E-state index in [0.717, 1.165) is 34.1 Å². The van der Waals surface area contributed by atoms with Crippen LogP contribution in [0.4, 0.5) is 0 Å². The highest BCUT2D eigenvalue weighted by Crippen LogP contribution is 2.35. The summed E-state index contributed by atoms with van der Waals surface area (Å²) in [6.45, 7) is 4.82. The molecular weight excluding hydrogens is 406 g/mol. The first-order chi connectivity index (χ1) is 13.9. The Morgan fingerprint density at radius 1 is 1.21 bits per heavy atom. The molecule has 0 saturated heterocycles. The van der Waals surface area contributed by atoms with Crippen LogP contribution in [0.15, 0.2) is 46.0 Å². The van der Waals surface area contributed by atoms with Gasteiger partial charge in [-0.25, -0.2) is 9.97 Å². The van der Waals surface area contributed by atoms with Crippen molar-refractivity contribution in [2.24, 2.45) is 0 Å². The van der Waals surface area contributed by atoms with E-state index in [1.54, 1.807) is 24.6 Å². The minimum absolute atomic E-state index is 0.185. The number of rotatable bonds is 5. The Labute approximate surface area is 176 Å². The van der Waals surface area contributed by atoms with Gasteiger partial charge in [-0.1, -0.05) is 29.4 Å². The number of benzene rings is 1. The van der Waals surface area contributed by atoms with Crippen molar-refractivity contribution in [2.75, 3.05) is 13.7 Å². The fourth-order valence-corrected chi connectivity index (χ4v) is 5.95. The molecule has 0 radical (unpaired) electrons. The van der Waals surface area contributed by atoms with E-state index in [0.29, 0.717) is 17.2 Å². The molecule has 0 aliphatic carbocycles. The average Bonchev–Trinajstić information content (AvgIpc) is 3.28. The molecule has 1 aromatic carbocycles. The number of nitrogens with zero attached hydrogens (tertiary/aromatic N) is 3. The van der Waals surface area contributed by atoms with Gasteiger partial charge in [0.1, 0.15) is 11.6 Å². The number of sulfonamides is 1. The molecule has 0 N–H and O–H groups in total. The maximum Gasteiger partial charge on any atom is 0.229 e. The highest BCUT2D eigenvalue weighted by Gasteiger charge is 2.36. The lowest BCUT2D eigenvalue weighted by Crippen LogP contribution is -2.40. The summed E-state index contributed by atoms with van der Waals surface area (Å²) < 4.78 is 33.3. The number of ether oxygens (including phenoxy) is 1. The summed E-state index contributed by atoms with van der Waals surface area (Å²) in [7, 11) is -1.89. The van der Waals surface area contributed by atoms with Crippen LogP contribution in [0.5, 0.6) is 5.75 Å². The fourth-order valence-electron chi connectivity index (χ4n) is 3.40. The second kappa shape index (κ2) is 7.95. The average molecular weight is 430 g/mol. The van der Waals surface area contributed by atoms with E-state index in [1.807, 2.05) is 24.3 Å². The van der Waals surface area contributed by atoms with E-state index in [9.17, 15) is 8.76 Å². The fraction of sp³-hybridized carbons (Fsp3) is 0.333. The largest absolute Gasteiger partial charge is 0.592 e. The van der Waals surface area contributed by atoms with Crippen molar-refractivity contribution in [3.8, 4) is 17.0 Å². The molecule has 6 nitrogen and oxygen atoms in total. The van der Waals surface area contributed by atoms with Crippen LogP contribution in [-0.4, -0.2) is 32.5 Å². The molecular formula is C21H23N3O3S2. The number of aromatic nitrogens is 2. The molecule has 152 valence electrons. The molecule has 29 heavy (non-hydrogen) atoms. The van der Waals surface area contributed by atoms with Crippen molar-refractivity contribution in [1.29, 1.82) is 0 Å². The summed E-state index contributed by atoms with van der Waals surface area (Å²) in [5.74, 6) is 1.73. The molecule has 0 bridgehead atoms. The van der Waals surface area contributed by atoms with Gasteiger partial charge in [0.05, 0.1) is 31.6 Å². The second-order valence-electron chi connectivity index (χ2n) is 7.26. The van der Waals surface area contributed by atoms with Gasteiger partial charge in [-0.15, -0.1) is 4.31 Å². The third-order valence-corrected chi connectivity index (χ3v) is 8.23. The minimum Gasteiger partial charge on any atom is -0.592 e. The van der Waals surface area contributed by atoms with E-state index in [2.05, 4.69) is 13.8 Å². The maximum absolute atomic E-state index is 13.0. The van der Waals surface area contributed by atoms with Crippen molar-refractivity contribution < 1.29 is 13.5 Å². The van der Waals surface area contributed by atoms with Crippen LogP contribution in [0.3, 0.4) is 0 Å². The molecule has 8 heteroatoms. The molecule has 3 aromatic rings. The number of fused-ring (bicyclic) bond motifs is 1. The first-order valence-electron chi connectivity index (χ1n) is 9.48. The van der Waals surface area contributed by atoms with Gasteiger partial charge in [-0.3, -0.25) is 0 Å². The predicted molar refractivity (Wildman–Crippen MR) is 114 cm³/mol. The topological polar surface area (TPSA) is 78.4 Å². The normalized spacial score (nSPS) is 16.4. The van der Waals surface area contributed by atoms with E-state index < -0.39 is 10.4 Å². The van der Waals surface area contributed by atoms with E-state index in [4.69, 9.17) is 14.7 Å². The van der Waals surface area contributed by atoms with Crippen LogP contribution in [0, 0.1) is 0 Å². The van der Waals surface area contributed by atoms with Gasteiger partial charge in [0, 0.05) is 29.5 Å². The molecule has 1 aliphatic heterocycles. The first kappa shape index (κ1) is 20.2. The Bertz CT molecular complexity index is 1050. The van der Waals surface area contributed by atoms with Gasteiger partial charge >= 0.3 is 0 Å². The SMILES string of the molecule is COc1ccc(-c2nc(C(C)C)nc3c2CN([S+](=O)([O-])c2cccs2)CC3)cc1. The van der Waals surface area contributed by atoms with Crippen molar-refractivity contribution in [1.82, 2.24) is 14.3 Å². The first-order valence-corrected chi connectivity index (χ1v) is 11.8. The monoisotopic (exact) mass is 429 g/mol. The Morgan fingerprint density at radius 2 is 1.97 bits per heavy atom. The lowest BCUT2D eigenvalue weighted by molar-refractivity contribution is 0.338. The van der Waals surface area contributed by atoms with Gasteiger partial charge in [-0.2, -0.15) is 0 Å². The van der Waals surface area contributed by atoms with E-state index in [-0.39, 0.29) is 12.5 Å². The highest BCUT2D eigenvalue weighted by molar-refractivity contribution is 7.97.